The fourth-order valence-corrected chi connectivity index (χ4v) is 2.90. The lowest BCUT2D eigenvalue weighted by Crippen LogP contribution is -3.29. The zero-order chi connectivity index (χ0) is 15.4. The Morgan fingerprint density at radius 1 is 1.38 bits per heavy atom. The van der Waals surface area contributed by atoms with E-state index in [1.165, 1.54) is 23.1 Å². The molecule has 21 heavy (non-hydrogen) atoms. The van der Waals surface area contributed by atoms with Gasteiger partial charge in [0.15, 0.2) is 6.04 Å². The van der Waals surface area contributed by atoms with Gasteiger partial charge in [-0.2, -0.15) is 0 Å². The summed E-state index contributed by atoms with van der Waals surface area (Å²) in [5, 5.41) is 2.84. The van der Waals surface area contributed by atoms with Crippen molar-refractivity contribution in [2.45, 2.75) is 19.9 Å². The van der Waals surface area contributed by atoms with Crippen molar-refractivity contribution in [3.8, 4) is 0 Å². The molecule has 1 saturated heterocycles. The Bertz CT molecular complexity index is 504. The molecule has 1 amide bonds. The Hall–Kier alpha value is -1.17. The maximum atomic E-state index is 13.1. The van der Waals surface area contributed by atoms with Crippen LogP contribution in [0, 0.1) is 5.82 Å². The van der Waals surface area contributed by atoms with Crippen molar-refractivity contribution in [1.29, 1.82) is 0 Å². The van der Waals surface area contributed by atoms with Crippen LogP contribution in [0.25, 0.3) is 0 Å². The first-order valence-corrected chi connectivity index (χ1v) is 7.83. The first-order chi connectivity index (χ1) is 10.0. The van der Waals surface area contributed by atoms with Crippen molar-refractivity contribution in [2.24, 2.45) is 0 Å². The van der Waals surface area contributed by atoms with E-state index in [1.807, 2.05) is 6.92 Å². The smallest absolute Gasteiger partial charge is 0.282 e. The summed E-state index contributed by atoms with van der Waals surface area (Å²) in [5.74, 6) is -0.528. The predicted molar refractivity (Wildman–Crippen MR) is 81.4 cm³/mol. The summed E-state index contributed by atoms with van der Waals surface area (Å²) in [5.41, 5.74) is 0.537. The normalized spacial score (nSPS) is 23.6. The Morgan fingerprint density at radius 3 is 2.62 bits per heavy atom. The number of carbonyl (C=O) groups is 1. The molecule has 6 heteroatoms. The van der Waals surface area contributed by atoms with Gasteiger partial charge in [-0.05, 0) is 32.0 Å². The third-order valence-corrected chi connectivity index (χ3v) is 4.58. The summed E-state index contributed by atoms with van der Waals surface area (Å²) in [6.45, 7) is 9.48. The van der Waals surface area contributed by atoms with E-state index in [2.05, 4.69) is 12.2 Å². The molecule has 0 aromatic heterocycles. The second-order valence-corrected chi connectivity index (χ2v) is 6.01. The van der Waals surface area contributed by atoms with Gasteiger partial charge in [-0.15, -0.1) is 0 Å². The zero-order valence-electron chi connectivity index (χ0n) is 12.5. The molecule has 2 rings (SSSR count). The van der Waals surface area contributed by atoms with Crippen LogP contribution in [0.5, 0.6) is 0 Å². The molecular weight excluding hydrogens is 293 g/mol. The molecule has 1 heterocycles. The van der Waals surface area contributed by atoms with E-state index in [9.17, 15) is 9.18 Å². The Kier molecular flexibility index (Phi) is 5.56. The lowest BCUT2D eigenvalue weighted by Gasteiger charge is -2.32. The molecule has 0 saturated carbocycles. The van der Waals surface area contributed by atoms with Crippen LogP contribution in [-0.4, -0.2) is 44.7 Å². The van der Waals surface area contributed by atoms with Crippen molar-refractivity contribution in [2.75, 3.05) is 38.0 Å². The molecule has 0 aliphatic carbocycles. The third kappa shape index (κ3) is 4.15. The number of carbonyl (C=O) groups excluding carboxylic acids is 1. The summed E-state index contributed by atoms with van der Waals surface area (Å²) in [4.78, 5) is 15.2. The van der Waals surface area contributed by atoms with E-state index in [-0.39, 0.29) is 17.0 Å². The van der Waals surface area contributed by atoms with Gasteiger partial charge >= 0.3 is 0 Å². The van der Waals surface area contributed by atoms with Gasteiger partial charge in [0.1, 0.15) is 32.0 Å². The number of amides is 1. The highest BCUT2D eigenvalue weighted by molar-refractivity contribution is 6.31. The standard InChI is InChI=1S/C15H21ClFN3O/c1-3-19-6-8-20(9-7-19)11(2)15(21)18-12-4-5-14(17)13(16)10-12/h4-5,10-11H,3,6-9H2,1-2H3,(H,18,21)/p+2/t11-/m1/s1. The van der Waals surface area contributed by atoms with Crippen LogP contribution in [-0.2, 0) is 4.79 Å². The van der Waals surface area contributed by atoms with E-state index in [0.717, 1.165) is 32.7 Å². The minimum atomic E-state index is -0.480. The second-order valence-electron chi connectivity index (χ2n) is 5.60. The minimum absolute atomic E-state index is 0.0213. The highest BCUT2D eigenvalue weighted by Gasteiger charge is 2.30. The van der Waals surface area contributed by atoms with Crippen LogP contribution < -0.4 is 15.1 Å². The monoisotopic (exact) mass is 315 g/mol. The van der Waals surface area contributed by atoms with Crippen LogP contribution in [0.3, 0.4) is 0 Å². The van der Waals surface area contributed by atoms with Crippen LogP contribution in [0.2, 0.25) is 5.02 Å². The number of hydrogen-bond acceptors (Lipinski definition) is 1. The van der Waals surface area contributed by atoms with Gasteiger partial charge in [0, 0.05) is 5.69 Å². The number of nitrogens with one attached hydrogen (secondary N) is 3. The fourth-order valence-electron chi connectivity index (χ4n) is 2.72. The maximum Gasteiger partial charge on any atom is 0.282 e. The molecule has 1 aliphatic heterocycles. The molecular formula is C15H23ClFN3O+2. The van der Waals surface area contributed by atoms with E-state index in [4.69, 9.17) is 11.6 Å². The first-order valence-electron chi connectivity index (χ1n) is 7.45. The number of halogens is 2. The van der Waals surface area contributed by atoms with Crippen LogP contribution in [0.15, 0.2) is 18.2 Å². The Balaban J connectivity index is 1.92. The molecule has 116 valence electrons. The highest BCUT2D eigenvalue weighted by Crippen LogP contribution is 2.19. The number of likely N-dealkylation sites (N-methyl/N-ethyl adjacent to an activating group) is 1. The number of quaternary nitrogens is 2. The number of anilines is 1. The molecule has 0 radical (unpaired) electrons. The minimum Gasteiger partial charge on any atom is -0.326 e. The third-order valence-electron chi connectivity index (χ3n) is 4.29. The molecule has 3 N–H and O–H groups in total. The van der Waals surface area contributed by atoms with Crippen LogP contribution >= 0.6 is 11.6 Å². The quantitative estimate of drug-likeness (QED) is 0.696. The summed E-state index contributed by atoms with van der Waals surface area (Å²) in [6, 6.07) is 4.11. The Labute approximate surface area is 129 Å². The average Bonchev–Trinajstić information content (AvgIpc) is 2.50. The van der Waals surface area contributed by atoms with Gasteiger partial charge in [-0.1, -0.05) is 11.6 Å². The first kappa shape index (κ1) is 16.2. The van der Waals surface area contributed by atoms with Crippen molar-refractivity contribution in [3.05, 3.63) is 29.0 Å². The van der Waals surface area contributed by atoms with Crippen molar-refractivity contribution < 1.29 is 19.0 Å². The lowest BCUT2D eigenvalue weighted by molar-refractivity contribution is -1.02. The average molecular weight is 316 g/mol. The molecule has 0 bridgehead atoms. The molecule has 1 fully saturated rings. The summed E-state index contributed by atoms with van der Waals surface area (Å²) in [7, 11) is 0. The summed E-state index contributed by atoms with van der Waals surface area (Å²) >= 11 is 5.72. The molecule has 1 aromatic rings. The van der Waals surface area contributed by atoms with Gasteiger partial charge in [0.25, 0.3) is 5.91 Å². The molecule has 0 unspecified atom stereocenters. The number of benzene rings is 1. The van der Waals surface area contributed by atoms with Crippen molar-refractivity contribution in [1.82, 2.24) is 0 Å². The summed E-state index contributed by atoms with van der Waals surface area (Å²) in [6.07, 6.45) is 0. The Morgan fingerprint density at radius 2 is 2.05 bits per heavy atom. The maximum absolute atomic E-state index is 13.1. The topological polar surface area (TPSA) is 38.0 Å². The van der Waals surface area contributed by atoms with Gasteiger partial charge in [0.2, 0.25) is 0 Å². The number of hydrogen-bond donors (Lipinski definition) is 3. The van der Waals surface area contributed by atoms with E-state index in [1.54, 1.807) is 4.90 Å². The zero-order valence-corrected chi connectivity index (χ0v) is 13.3. The van der Waals surface area contributed by atoms with Crippen LogP contribution in [0.1, 0.15) is 13.8 Å². The highest BCUT2D eigenvalue weighted by atomic mass is 35.5. The molecule has 1 aliphatic rings. The second kappa shape index (κ2) is 7.20. The van der Waals surface area contributed by atoms with E-state index >= 15 is 0 Å². The van der Waals surface area contributed by atoms with Gasteiger partial charge in [-0.3, -0.25) is 4.79 Å². The molecule has 1 atom stereocenters. The van der Waals surface area contributed by atoms with Crippen molar-refractivity contribution >= 4 is 23.2 Å². The van der Waals surface area contributed by atoms with E-state index < -0.39 is 5.82 Å². The molecule has 1 aromatic carbocycles. The van der Waals surface area contributed by atoms with Gasteiger partial charge < -0.3 is 15.1 Å². The number of rotatable bonds is 4. The largest absolute Gasteiger partial charge is 0.326 e. The number of piperazine rings is 1. The van der Waals surface area contributed by atoms with E-state index in [0.29, 0.717) is 5.69 Å². The van der Waals surface area contributed by atoms with Gasteiger partial charge in [0.05, 0.1) is 11.6 Å². The molecule has 0 spiro atoms. The molecule has 4 nitrogen and oxygen atoms in total. The SMILES string of the molecule is CC[NH+]1CC[NH+]([C@H](C)C(=O)Nc2ccc(F)c(Cl)c2)CC1. The predicted octanol–water partition coefficient (Wildman–Crippen LogP) is -0.391. The van der Waals surface area contributed by atoms with Crippen molar-refractivity contribution in [3.63, 3.8) is 0 Å². The van der Waals surface area contributed by atoms with Crippen LogP contribution in [0.4, 0.5) is 10.1 Å². The fraction of sp³-hybridized carbons (Fsp3) is 0.533. The summed E-state index contributed by atoms with van der Waals surface area (Å²) < 4.78 is 13.1. The van der Waals surface area contributed by atoms with Gasteiger partial charge in [-0.25, -0.2) is 4.39 Å². The lowest BCUT2D eigenvalue weighted by atomic mass is 10.2.